The number of hydrogen-bond donors (Lipinski definition) is 1. The van der Waals surface area contributed by atoms with E-state index in [-0.39, 0.29) is 22.7 Å². The molecule has 0 aliphatic carbocycles. The molecule has 3 heterocycles. The van der Waals surface area contributed by atoms with Crippen LogP contribution < -0.4 is 10.6 Å². The predicted molar refractivity (Wildman–Crippen MR) is 114 cm³/mol. The van der Waals surface area contributed by atoms with Crippen LogP contribution in [0.2, 0.25) is 0 Å². The Morgan fingerprint density at radius 3 is 2.50 bits per heavy atom. The fraction of sp³-hybridized carbons (Fsp3) is 0.636. The standard InChI is InChI=1S/C22H31FN4O3/c1-3-4-15-30-21(29)27-13-9-22(10-14-27)7-11-26(12-8-22)17-6-5-16(23)18-19(17)25(2)20(28)24-18/h5-6H,3-4,7-15H2,1-2H3,(H,24,28). The zero-order chi connectivity index (χ0) is 21.3. The first-order valence-electron chi connectivity index (χ1n) is 11.0. The zero-order valence-corrected chi connectivity index (χ0v) is 17.9. The largest absolute Gasteiger partial charge is 0.449 e. The lowest BCUT2D eigenvalue weighted by Crippen LogP contribution is -2.48. The zero-order valence-electron chi connectivity index (χ0n) is 17.9. The average Bonchev–Trinajstić information content (AvgIpc) is 3.06. The van der Waals surface area contributed by atoms with Gasteiger partial charge in [-0.25, -0.2) is 14.0 Å². The molecule has 1 aromatic heterocycles. The molecule has 164 valence electrons. The number of H-pyrrole nitrogens is 1. The van der Waals surface area contributed by atoms with Gasteiger partial charge in [-0.2, -0.15) is 0 Å². The monoisotopic (exact) mass is 418 g/mol. The van der Waals surface area contributed by atoms with E-state index < -0.39 is 5.82 Å². The van der Waals surface area contributed by atoms with E-state index in [1.54, 1.807) is 13.1 Å². The molecule has 0 unspecified atom stereocenters. The van der Waals surface area contributed by atoms with Gasteiger partial charge in [-0.3, -0.25) is 4.57 Å². The van der Waals surface area contributed by atoms with Crippen molar-refractivity contribution in [3.8, 4) is 0 Å². The summed E-state index contributed by atoms with van der Waals surface area (Å²) in [5.74, 6) is -0.405. The Labute approximate surface area is 175 Å². The van der Waals surface area contributed by atoms with Crippen LogP contribution in [0.25, 0.3) is 11.0 Å². The number of carbonyl (C=O) groups is 1. The number of amides is 1. The van der Waals surface area contributed by atoms with Crippen LogP contribution in [-0.4, -0.2) is 53.3 Å². The van der Waals surface area contributed by atoms with Gasteiger partial charge in [0.05, 0.1) is 17.8 Å². The highest BCUT2D eigenvalue weighted by Gasteiger charge is 2.39. The third kappa shape index (κ3) is 3.79. The van der Waals surface area contributed by atoms with Gasteiger partial charge >= 0.3 is 11.8 Å². The molecule has 0 atom stereocenters. The minimum absolute atomic E-state index is 0.183. The summed E-state index contributed by atoms with van der Waals surface area (Å²) in [5.41, 5.74) is 1.75. The molecular formula is C22H31FN4O3. The highest BCUT2D eigenvalue weighted by molar-refractivity contribution is 5.89. The molecule has 2 aliphatic rings. The fourth-order valence-electron chi connectivity index (χ4n) is 4.84. The molecule has 8 heteroatoms. The number of anilines is 1. The van der Waals surface area contributed by atoms with E-state index >= 15 is 0 Å². The predicted octanol–water partition coefficient (Wildman–Crippen LogP) is 3.62. The van der Waals surface area contributed by atoms with Crippen LogP contribution in [0.4, 0.5) is 14.9 Å². The molecule has 2 aromatic rings. The molecule has 1 aromatic carbocycles. The lowest BCUT2D eigenvalue weighted by Gasteiger charge is -2.47. The van der Waals surface area contributed by atoms with Crippen molar-refractivity contribution in [3.05, 3.63) is 28.4 Å². The summed E-state index contributed by atoms with van der Waals surface area (Å²) < 4.78 is 21.0. The Morgan fingerprint density at radius 1 is 1.17 bits per heavy atom. The third-order valence-electron chi connectivity index (χ3n) is 6.95. The Kier molecular flexibility index (Phi) is 5.75. The maximum absolute atomic E-state index is 14.2. The summed E-state index contributed by atoms with van der Waals surface area (Å²) in [6.45, 7) is 5.80. The quantitative estimate of drug-likeness (QED) is 0.770. The van der Waals surface area contributed by atoms with Crippen molar-refractivity contribution in [2.24, 2.45) is 12.5 Å². The number of likely N-dealkylation sites (tertiary alicyclic amines) is 1. The van der Waals surface area contributed by atoms with Crippen molar-refractivity contribution in [1.82, 2.24) is 14.5 Å². The van der Waals surface area contributed by atoms with E-state index in [1.807, 2.05) is 4.90 Å². The highest BCUT2D eigenvalue weighted by atomic mass is 19.1. The van der Waals surface area contributed by atoms with Crippen molar-refractivity contribution >= 4 is 22.8 Å². The molecular weight excluding hydrogens is 387 g/mol. The van der Waals surface area contributed by atoms with Crippen LogP contribution in [0.3, 0.4) is 0 Å². The molecule has 1 N–H and O–H groups in total. The number of nitrogens with one attached hydrogen (secondary N) is 1. The van der Waals surface area contributed by atoms with Gasteiger partial charge in [0, 0.05) is 33.2 Å². The second-order valence-corrected chi connectivity index (χ2v) is 8.72. The lowest BCUT2D eigenvalue weighted by molar-refractivity contribution is 0.0544. The number of imidazole rings is 1. The summed E-state index contributed by atoms with van der Waals surface area (Å²) in [7, 11) is 1.67. The van der Waals surface area contributed by atoms with Gasteiger partial charge in [-0.05, 0) is 49.7 Å². The van der Waals surface area contributed by atoms with Gasteiger partial charge in [0.15, 0.2) is 0 Å². The Balaban J connectivity index is 1.40. The Bertz CT molecular complexity index is 965. The van der Waals surface area contributed by atoms with Crippen molar-refractivity contribution in [2.45, 2.75) is 45.4 Å². The number of carbonyl (C=O) groups excluding carboxylic acids is 1. The molecule has 1 amide bonds. The number of benzene rings is 1. The van der Waals surface area contributed by atoms with E-state index in [9.17, 15) is 14.0 Å². The van der Waals surface area contributed by atoms with Gasteiger partial charge in [0.1, 0.15) is 11.3 Å². The van der Waals surface area contributed by atoms with Crippen LogP contribution >= 0.6 is 0 Å². The van der Waals surface area contributed by atoms with E-state index in [0.717, 1.165) is 70.4 Å². The second kappa shape index (κ2) is 8.32. The molecule has 2 saturated heterocycles. The van der Waals surface area contributed by atoms with Crippen molar-refractivity contribution in [2.75, 3.05) is 37.7 Å². The molecule has 0 radical (unpaired) electrons. The van der Waals surface area contributed by atoms with E-state index in [1.165, 1.54) is 10.6 Å². The van der Waals surface area contributed by atoms with Crippen LogP contribution in [0, 0.1) is 11.2 Å². The number of fused-ring (bicyclic) bond motifs is 1. The summed E-state index contributed by atoms with van der Waals surface area (Å²) in [5, 5.41) is 0. The molecule has 0 saturated carbocycles. The number of piperidine rings is 2. The fourth-order valence-corrected chi connectivity index (χ4v) is 4.84. The number of hydrogen-bond acceptors (Lipinski definition) is 4. The SMILES string of the molecule is CCCCOC(=O)N1CCC2(CC1)CCN(c1ccc(F)c3[nH]c(=O)n(C)c13)CC2. The minimum atomic E-state index is -0.405. The van der Waals surface area contributed by atoms with Crippen LogP contribution in [0.15, 0.2) is 16.9 Å². The number of aromatic nitrogens is 2. The minimum Gasteiger partial charge on any atom is -0.449 e. The molecule has 0 bridgehead atoms. The summed E-state index contributed by atoms with van der Waals surface area (Å²) in [4.78, 5) is 30.9. The maximum Gasteiger partial charge on any atom is 0.409 e. The third-order valence-corrected chi connectivity index (χ3v) is 6.95. The molecule has 2 aliphatic heterocycles. The summed E-state index contributed by atoms with van der Waals surface area (Å²) >= 11 is 0. The number of rotatable bonds is 4. The number of ether oxygens (including phenoxy) is 1. The first-order valence-corrected chi connectivity index (χ1v) is 11.0. The maximum atomic E-state index is 14.2. The molecule has 1 spiro atoms. The topological polar surface area (TPSA) is 70.6 Å². The van der Waals surface area contributed by atoms with E-state index in [0.29, 0.717) is 12.1 Å². The van der Waals surface area contributed by atoms with Gasteiger partial charge in [-0.1, -0.05) is 13.3 Å². The number of aromatic amines is 1. The molecule has 4 rings (SSSR count). The van der Waals surface area contributed by atoms with Crippen molar-refractivity contribution in [3.63, 3.8) is 0 Å². The van der Waals surface area contributed by atoms with Crippen molar-refractivity contribution in [1.29, 1.82) is 0 Å². The molecule has 7 nitrogen and oxygen atoms in total. The summed E-state index contributed by atoms with van der Waals surface area (Å²) in [6.07, 6.45) is 5.78. The lowest BCUT2D eigenvalue weighted by atomic mass is 9.71. The van der Waals surface area contributed by atoms with E-state index in [2.05, 4.69) is 16.8 Å². The summed E-state index contributed by atoms with van der Waals surface area (Å²) in [6, 6.07) is 3.21. The van der Waals surface area contributed by atoms with Gasteiger partial charge in [-0.15, -0.1) is 0 Å². The van der Waals surface area contributed by atoms with Crippen LogP contribution in [0.1, 0.15) is 45.4 Å². The average molecular weight is 419 g/mol. The smallest absolute Gasteiger partial charge is 0.409 e. The number of nitrogens with zero attached hydrogens (tertiary/aromatic N) is 3. The van der Waals surface area contributed by atoms with Crippen molar-refractivity contribution < 1.29 is 13.9 Å². The van der Waals surface area contributed by atoms with Gasteiger partial charge in [0.2, 0.25) is 0 Å². The normalized spacial score (nSPS) is 18.9. The highest BCUT2D eigenvalue weighted by Crippen LogP contribution is 2.43. The van der Waals surface area contributed by atoms with Gasteiger partial charge < -0.3 is 19.5 Å². The van der Waals surface area contributed by atoms with E-state index in [4.69, 9.17) is 4.74 Å². The number of unbranched alkanes of at least 4 members (excludes halogenated alkanes) is 1. The Morgan fingerprint density at radius 2 is 1.83 bits per heavy atom. The number of aryl methyl sites for hydroxylation is 1. The molecule has 30 heavy (non-hydrogen) atoms. The second-order valence-electron chi connectivity index (χ2n) is 8.72. The first-order chi connectivity index (χ1) is 14.4. The molecule has 2 fully saturated rings. The van der Waals surface area contributed by atoms with Crippen LogP contribution in [-0.2, 0) is 11.8 Å². The van der Waals surface area contributed by atoms with Gasteiger partial charge in [0.25, 0.3) is 0 Å². The Hall–Kier alpha value is -2.51. The van der Waals surface area contributed by atoms with Crippen LogP contribution in [0.5, 0.6) is 0 Å². The number of halogens is 1. The first kappa shape index (κ1) is 20.8.